The molecule has 0 radical (unpaired) electrons. The van der Waals surface area contributed by atoms with Crippen LogP contribution in [0.3, 0.4) is 0 Å². The lowest BCUT2D eigenvalue weighted by Crippen LogP contribution is -2.11. The molecule has 2 rings (SSSR count). The average molecular weight is 154 g/mol. The summed E-state index contributed by atoms with van der Waals surface area (Å²) in [6.07, 6.45) is 4.56. The van der Waals surface area contributed by atoms with Gasteiger partial charge in [0.25, 0.3) is 0 Å². The zero-order valence-corrected chi connectivity index (χ0v) is 6.84. The Bertz CT molecular complexity index is 196. The first-order valence-electron chi connectivity index (χ1n) is 4.43. The maximum atomic E-state index is 10.7. The monoisotopic (exact) mass is 154 g/mol. The molecule has 2 nitrogen and oxygen atoms in total. The summed E-state index contributed by atoms with van der Waals surface area (Å²) in [6.45, 7) is 2.13. The van der Waals surface area contributed by atoms with Gasteiger partial charge in [-0.05, 0) is 37.0 Å². The molecule has 11 heavy (non-hydrogen) atoms. The first-order chi connectivity index (χ1) is 5.20. The fraction of sp³-hybridized carbons (Fsp3) is 0.889. The number of aliphatic carboxylic acids is 1. The van der Waals surface area contributed by atoms with Gasteiger partial charge >= 0.3 is 5.97 Å². The second-order valence-electron chi connectivity index (χ2n) is 3.96. The summed E-state index contributed by atoms with van der Waals surface area (Å²) in [5.41, 5.74) is 0.242. The third kappa shape index (κ3) is 0.883. The third-order valence-corrected chi connectivity index (χ3v) is 3.46. The molecule has 2 saturated carbocycles. The number of hydrogen-bond donors (Lipinski definition) is 1. The quantitative estimate of drug-likeness (QED) is 0.674. The summed E-state index contributed by atoms with van der Waals surface area (Å²) in [5.74, 6) is 0.187. The molecule has 0 aromatic heterocycles. The highest BCUT2D eigenvalue weighted by Gasteiger charge is 2.63. The van der Waals surface area contributed by atoms with E-state index in [9.17, 15) is 4.79 Å². The van der Waals surface area contributed by atoms with Crippen LogP contribution in [0.1, 0.15) is 32.6 Å². The van der Waals surface area contributed by atoms with E-state index in [-0.39, 0.29) is 11.3 Å². The van der Waals surface area contributed by atoms with Gasteiger partial charge in [-0.15, -0.1) is 0 Å². The van der Waals surface area contributed by atoms with Crippen molar-refractivity contribution >= 4 is 5.97 Å². The van der Waals surface area contributed by atoms with Gasteiger partial charge < -0.3 is 5.11 Å². The Morgan fingerprint density at radius 3 is 2.55 bits per heavy atom. The first kappa shape index (κ1) is 7.14. The van der Waals surface area contributed by atoms with Gasteiger partial charge in [0.15, 0.2) is 0 Å². The van der Waals surface area contributed by atoms with Crippen LogP contribution in [0, 0.1) is 17.3 Å². The molecule has 62 valence electrons. The van der Waals surface area contributed by atoms with Crippen LogP contribution in [0.25, 0.3) is 0 Å². The predicted octanol–water partition coefficient (Wildman–Crippen LogP) is 1.90. The molecular weight excluding hydrogens is 140 g/mol. The van der Waals surface area contributed by atoms with Crippen LogP contribution in [-0.2, 0) is 4.79 Å². The molecule has 2 atom stereocenters. The summed E-state index contributed by atoms with van der Waals surface area (Å²) in [6, 6.07) is 0. The molecule has 0 spiro atoms. The van der Waals surface area contributed by atoms with Crippen LogP contribution < -0.4 is 0 Å². The number of carboxylic acid groups (broad SMARTS) is 1. The molecule has 0 aliphatic heterocycles. The van der Waals surface area contributed by atoms with Crippen molar-refractivity contribution in [2.75, 3.05) is 0 Å². The number of hydrogen-bond acceptors (Lipinski definition) is 1. The van der Waals surface area contributed by atoms with E-state index in [0.29, 0.717) is 0 Å². The highest BCUT2D eigenvalue weighted by molar-refractivity contribution is 5.75. The zero-order valence-electron chi connectivity index (χ0n) is 6.84. The second kappa shape index (κ2) is 1.99. The van der Waals surface area contributed by atoms with Crippen LogP contribution in [0.15, 0.2) is 0 Å². The van der Waals surface area contributed by atoms with E-state index in [1.54, 1.807) is 0 Å². The van der Waals surface area contributed by atoms with Gasteiger partial charge in [-0.1, -0.05) is 6.92 Å². The predicted molar refractivity (Wildman–Crippen MR) is 41.2 cm³/mol. The maximum Gasteiger partial charge on any atom is 0.307 e. The lowest BCUT2D eigenvalue weighted by molar-refractivity contribution is -0.139. The van der Waals surface area contributed by atoms with Gasteiger partial charge in [-0.2, -0.15) is 0 Å². The lowest BCUT2D eigenvalue weighted by Gasteiger charge is -2.10. The first-order valence-corrected chi connectivity index (χ1v) is 4.43. The maximum absolute atomic E-state index is 10.7. The molecule has 1 N–H and O–H groups in total. The van der Waals surface area contributed by atoms with Crippen molar-refractivity contribution in [3.8, 4) is 0 Å². The Hall–Kier alpha value is -0.530. The van der Waals surface area contributed by atoms with E-state index in [0.717, 1.165) is 18.8 Å². The molecule has 0 aromatic carbocycles. The molecule has 0 amide bonds. The van der Waals surface area contributed by atoms with Crippen LogP contribution in [0.4, 0.5) is 0 Å². The van der Waals surface area contributed by atoms with Crippen molar-refractivity contribution in [1.29, 1.82) is 0 Å². The summed E-state index contributed by atoms with van der Waals surface area (Å²) >= 11 is 0. The van der Waals surface area contributed by atoms with E-state index in [1.165, 1.54) is 12.8 Å². The normalized spacial score (nSPS) is 42.1. The Morgan fingerprint density at radius 1 is 1.64 bits per heavy atom. The Morgan fingerprint density at radius 2 is 2.27 bits per heavy atom. The minimum absolute atomic E-state index is 0.000000000000000222. The largest absolute Gasteiger partial charge is 0.481 e. The minimum atomic E-state index is -0.571. The number of rotatable bonds is 3. The van der Waals surface area contributed by atoms with Gasteiger partial charge in [-0.25, -0.2) is 0 Å². The fourth-order valence-electron chi connectivity index (χ4n) is 2.44. The summed E-state index contributed by atoms with van der Waals surface area (Å²) in [7, 11) is 0. The van der Waals surface area contributed by atoms with Gasteiger partial charge in [-0.3, -0.25) is 4.79 Å². The van der Waals surface area contributed by atoms with Crippen LogP contribution >= 0.6 is 0 Å². The van der Waals surface area contributed by atoms with E-state index in [4.69, 9.17) is 5.11 Å². The lowest BCUT2D eigenvalue weighted by atomic mass is 9.94. The molecule has 2 unspecified atom stereocenters. The summed E-state index contributed by atoms with van der Waals surface area (Å²) < 4.78 is 0. The highest BCUT2D eigenvalue weighted by atomic mass is 16.4. The molecule has 2 aliphatic carbocycles. The average Bonchev–Trinajstić information content (AvgIpc) is 2.82. The van der Waals surface area contributed by atoms with Crippen LogP contribution in [-0.4, -0.2) is 11.1 Å². The van der Waals surface area contributed by atoms with Gasteiger partial charge in [0, 0.05) is 0 Å². The van der Waals surface area contributed by atoms with Crippen molar-refractivity contribution in [3.63, 3.8) is 0 Å². The zero-order chi connectivity index (χ0) is 8.06. The summed E-state index contributed by atoms with van der Waals surface area (Å²) in [5, 5.41) is 8.80. The molecule has 2 fully saturated rings. The molecular formula is C9H14O2. The Kier molecular flexibility index (Phi) is 1.29. The van der Waals surface area contributed by atoms with E-state index < -0.39 is 5.97 Å². The minimum Gasteiger partial charge on any atom is -0.481 e. The Labute approximate surface area is 66.6 Å². The SMILES string of the molecule is CCC1(C2CC2)CC1C(=O)O. The number of carboxylic acids is 1. The van der Waals surface area contributed by atoms with Crippen molar-refractivity contribution in [1.82, 2.24) is 0 Å². The second-order valence-corrected chi connectivity index (χ2v) is 3.96. The molecule has 0 bridgehead atoms. The standard InChI is InChI=1S/C9H14O2/c1-2-9(6-3-4-6)5-7(9)8(10)11/h6-7H,2-5H2,1H3,(H,10,11). The fourth-order valence-corrected chi connectivity index (χ4v) is 2.44. The van der Waals surface area contributed by atoms with Crippen molar-refractivity contribution in [2.45, 2.75) is 32.6 Å². The smallest absolute Gasteiger partial charge is 0.307 e. The highest BCUT2D eigenvalue weighted by Crippen LogP contribution is 2.67. The molecule has 2 aliphatic rings. The summed E-state index contributed by atoms with van der Waals surface area (Å²) in [4.78, 5) is 10.7. The van der Waals surface area contributed by atoms with Crippen molar-refractivity contribution < 1.29 is 9.90 Å². The number of carbonyl (C=O) groups is 1. The molecule has 0 aromatic rings. The van der Waals surface area contributed by atoms with E-state index in [2.05, 4.69) is 6.92 Å². The van der Waals surface area contributed by atoms with E-state index >= 15 is 0 Å². The molecule has 2 heteroatoms. The van der Waals surface area contributed by atoms with Crippen molar-refractivity contribution in [2.24, 2.45) is 17.3 Å². The van der Waals surface area contributed by atoms with E-state index in [1.807, 2.05) is 0 Å². The van der Waals surface area contributed by atoms with Gasteiger partial charge in [0.1, 0.15) is 0 Å². The third-order valence-electron chi connectivity index (χ3n) is 3.46. The Balaban J connectivity index is 2.05. The molecule has 0 saturated heterocycles. The van der Waals surface area contributed by atoms with Gasteiger partial charge in [0.05, 0.1) is 5.92 Å². The van der Waals surface area contributed by atoms with Crippen LogP contribution in [0.2, 0.25) is 0 Å². The van der Waals surface area contributed by atoms with Crippen LogP contribution in [0.5, 0.6) is 0 Å². The molecule has 0 heterocycles. The topological polar surface area (TPSA) is 37.3 Å². The van der Waals surface area contributed by atoms with Crippen molar-refractivity contribution in [3.05, 3.63) is 0 Å². The van der Waals surface area contributed by atoms with Gasteiger partial charge in [0.2, 0.25) is 0 Å².